The first-order valence-electron chi connectivity index (χ1n) is 8.86. The molecule has 4 rings (SSSR count). The van der Waals surface area contributed by atoms with Crippen LogP contribution in [0.4, 0.5) is 0 Å². The molecule has 0 aliphatic carbocycles. The number of hydrogen-bond acceptors (Lipinski definition) is 6. The van der Waals surface area contributed by atoms with Gasteiger partial charge in [-0.1, -0.05) is 60.7 Å². The molecule has 2 aliphatic rings. The molecule has 2 fully saturated rings. The van der Waals surface area contributed by atoms with Crippen LogP contribution in [0.3, 0.4) is 0 Å². The van der Waals surface area contributed by atoms with Crippen LogP contribution >= 0.6 is 0 Å². The molecular weight excluding hydrogens is 332 g/mol. The molecule has 4 N–H and O–H groups in total. The second kappa shape index (κ2) is 7.84. The molecule has 0 amide bonds. The van der Waals surface area contributed by atoms with Crippen molar-refractivity contribution < 1.29 is 18.9 Å². The quantitative estimate of drug-likeness (QED) is 0.867. The van der Waals surface area contributed by atoms with E-state index in [0.29, 0.717) is 13.2 Å². The summed E-state index contributed by atoms with van der Waals surface area (Å²) in [4.78, 5) is 0. The van der Waals surface area contributed by atoms with Gasteiger partial charge < -0.3 is 30.4 Å². The monoisotopic (exact) mass is 356 g/mol. The van der Waals surface area contributed by atoms with Crippen LogP contribution in [-0.2, 0) is 25.6 Å². The SMILES string of the molecule is NC1C(OCc2ccccc2)OC2COC(c3ccccc3)OC2C1N. The molecule has 0 aromatic heterocycles. The van der Waals surface area contributed by atoms with Gasteiger partial charge in [0.1, 0.15) is 12.2 Å². The van der Waals surface area contributed by atoms with Gasteiger partial charge in [0.05, 0.1) is 25.3 Å². The molecule has 0 spiro atoms. The van der Waals surface area contributed by atoms with Crippen molar-refractivity contribution >= 4 is 0 Å². The Kier molecular flexibility index (Phi) is 5.31. The Morgan fingerprint density at radius 2 is 1.58 bits per heavy atom. The maximum Gasteiger partial charge on any atom is 0.184 e. The maximum atomic E-state index is 6.37. The Morgan fingerprint density at radius 3 is 2.31 bits per heavy atom. The van der Waals surface area contributed by atoms with Gasteiger partial charge in [-0.2, -0.15) is 0 Å². The van der Waals surface area contributed by atoms with E-state index in [2.05, 4.69) is 0 Å². The summed E-state index contributed by atoms with van der Waals surface area (Å²) < 4.78 is 23.8. The highest BCUT2D eigenvalue weighted by Gasteiger charge is 2.47. The predicted molar refractivity (Wildman–Crippen MR) is 95.9 cm³/mol. The van der Waals surface area contributed by atoms with Crippen LogP contribution in [0.25, 0.3) is 0 Å². The number of hydrogen-bond donors (Lipinski definition) is 2. The van der Waals surface area contributed by atoms with Gasteiger partial charge in [0.2, 0.25) is 0 Å². The number of fused-ring (bicyclic) bond motifs is 1. The van der Waals surface area contributed by atoms with E-state index in [1.54, 1.807) is 0 Å². The van der Waals surface area contributed by atoms with Crippen LogP contribution in [0.5, 0.6) is 0 Å². The van der Waals surface area contributed by atoms with E-state index in [9.17, 15) is 0 Å². The normalized spacial score (nSPS) is 34.2. The zero-order valence-electron chi connectivity index (χ0n) is 14.4. The third kappa shape index (κ3) is 3.66. The molecule has 2 aromatic carbocycles. The minimum absolute atomic E-state index is 0.300. The molecule has 2 aromatic rings. The first-order chi connectivity index (χ1) is 12.7. The van der Waals surface area contributed by atoms with Crippen LogP contribution in [0.1, 0.15) is 17.4 Å². The van der Waals surface area contributed by atoms with Crippen molar-refractivity contribution in [3.8, 4) is 0 Å². The van der Waals surface area contributed by atoms with Crippen molar-refractivity contribution in [3.63, 3.8) is 0 Å². The number of rotatable bonds is 4. The van der Waals surface area contributed by atoms with Crippen molar-refractivity contribution in [1.82, 2.24) is 0 Å². The molecule has 6 nitrogen and oxygen atoms in total. The lowest BCUT2D eigenvalue weighted by Gasteiger charge is -2.47. The summed E-state index contributed by atoms with van der Waals surface area (Å²) in [6.45, 7) is 0.799. The maximum absolute atomic E-state index is 6.37. The van der Waals surface area contributed by atoms with Gasteiger partial charge >= 0.3 is 0 Å². The lowest BCUT2D eigenvalue weighted by molar-refractivity contribution is -0.326. The van der Waals surface area contributed by atoms with E-state index < -0.39 is 24.7 Å². The fraction of sp³-hybridized carbons (Fsp3) is 0.400. The number of benzene rings is 2. The van der Waals surface area contributed by atoms with E-state index in [4.69, 9.17) is 30.4 Å². The summed E-state index contributed by atoms with van der Waals surface area (Å²) in [7, 11) is 0. The van der Waals surface area contributed by atoms with Gasteiger partial charge in [0.25, 0.3) is 0 Å². The van der Waals surface area contributed by atoms with E-state index in [1.165, 1.54) is 0 Å². The zero-order valence-corrected chi connectivity index (χ0v) is 14.4. The van der Waals surface area contributed by atoms with Crippen LogP contribution in [0.15, 0.2) is 60.7 Å². The van der Waals surface area contributed by atoms with Crippen LogP contribution in [0.2, 0.25) is 0 Å². The average Bonchev–Trinajstić information content (AvgIpc) is 2.71. The third-order valence-corrected chi connectivity index (χ3v) is 4.83. The number of nitrogens with two attached hydrogens (primary N) is 2. The first kappa shape index (κ1) is 17.6. The fourth-order valence-electron chi connectivity index (χ4n) is 3.35. The fourth-order valence-corrected chi connectivity index (χ4v) is 3.35. The van der Waals surface area contributed by atoms with E-state index in [0.717, 1.165) is 11.1 Å². The molecule has 0 bridgehead atoms. The molecule has 0 saturated carbocycles. The van der Waals surface area contributed by atoms with Gasteiger partial charge in [-0.15, -0.1) is 0 Å². The minimum atomic E-state index is -0.591. The van der Waals surface area contributed by atoms with Gasteiger partial charge in [0, 0.05) is 5.56 Å². The summed E-state index contributed by atoms with van der Waals surface area (Å²) in [6.07, 6.45) is -1.68. The van der Waals surface area contributed by atoms with Crippen molar-refractivity contribution in [2.45, 2.75) is 43.5 Å². The van der Waals surface area contributed by atoms with Crippen LogP contribution in [0, 0.1) is 0 Å². The van der Waals surface area contributed by atoms with E-state index in [1.807, 2.05) is 60.7 Å². The Hall–Kier alpha value is -1.80. The molecular formula is C20H24N2O4. The Labute approximate surface area is 153 Å². The second-order valence-electron chi connectivity index (χ2n) is 6.67. The van der Waals surface area contributed by atoms with Crippen molar-refractivity contribution in [2.24, 2.45) is 11.5 Å². The summed E-state index contributed by atoms with van der Waals surface area (Å²) in [5.41, 5.74) is 14.7. The topological polar surface area (TPSA) is 89.0 Å². The summed E-state index contributed by atoms with van der Waals surface area (Å²) in [5, 5.41) is 0. The molecule has 2 heterocycles. The van der Waals surface area contributed by atoms with Gasteiger partial charge in [-0.3, -0.25) is 0 Å². The Balaban J connectivity index is 1.40. The van der Waals surface area contributed by atoms with Crippen LogP contribution < -0.4 is 11.5 Å². The third-order valence-electron chi connectivity index (χ3n) is 4.83. The second-order valence-corrected chi connectivity index (χ2v) is 6.67. The molecule has 6 unspecified atom stereocenters. The Morgan fingerprint density at radius 1 is 0.885 bits per heavy atom. The molecule has 138 valence electrons. The molecule has 6 heteroatoms. The molecule has 2 saturated heterocycles. The van der Waals surface area contributed by atoms with Crippen molar-refractivity contribution in [3.05, 3.63) is 71.8 Å². The van der Waals surface area contributed by atoms with Gasteiger partial charge in [-0.25, -0.2) is 0 Å². The van der Waals surface area contributed by atoms with Crippen molar-refractivity contribution in [2.75, 3.05) is 6.61 Å². The summed E-state index contributed by atoms with van der Waals surface area (Å²) >= 11 is 0. The van der Waals surface area contributed by atoms with Gasteiger partial charge in [-0.05, 0) is 5.56 Å². The van der Waals surface area contributed by atoms with Crippen molar-refractivity contribution in [1.29, 1.82) is 0 Å². The first-order valence-corrected chi connectivity index (χ1v) is 8.86. The molecule has 2 aliphatic heterocycles. The standard InChI is InChI=1S/C20H24N2O4/c21-16-17(22)20(23-11-13-7-3-1-4-8-13)25-15-12-24-19(26-18(15)16)14-9-5-2-6-10-14/h1-10,15-20H,11-12,21-22H2. The lowest BCUT2D eigenvalue weighted by Crippen LogP contribution is -2.67. The highest BCUT2D eigenvalue weighted by atomic mass is 16.7. The zero-order chi connectivity index (χ0) is 17.9. The Bertz CT molecular complexity index is 697. The van der Waals surface area contributed by atoms with Crippen LogP contribution in [-0.4, -0.2) is 37.2 Å². The number of ether oxygens (including phenoxy) is 4. The smallest absolute Gasteiger partial charge is 0.184 e. The van der Waals surface area contributed by atoms with Gasteiger partial charge in [0.15, 0.2) is 12.6 Å². The van der Waals surface area contributed by atoms with E-state index in [-0.39, 0.29) is 12.2 Å². The molecule has 0 radical (unpaired) electrons. The van der Waals surface area contributed by atoms with E-state index >= 15 is 0 Å². The minimum Gasteiger partial charge on any atom is -0.346 e. The lowest BCUT2D eigenvalue weighted by atomic mass is 9.94. The average molecular weight is 356 g/mol. The predicted octanol–water partition coefficient (Wildman–Crippen LogP) is 1.70. The largest absolute Gasteiger partial charge is 0.346 e. The highest BCUT2D eigenvalue weighted by molar-refractivity contribution is 5.17. The summed E-state index contributed by atoms with van der Waals surface area (Å²) in [6, 6.07) is 18.8. The highest BCUT2D eigenvalue weighted by Crippen LogP contribution is 2.33. The molecule has 26 heavy (non-hydrogen) atoms. The summed E-state index contributed by atoms with van der Waals surface area (Å²) in [5.74, 6) is 0. The molecule has 6 atom stereocenters.